The Kier molecular flexibility index (Phi) is 3.48. The van der Waals surface area contributed by atoms with Gasteiger partial charge in [-0.1, -0.05) is 17.4 Å². The van der Waals surface area contributed by atoms with Crippen molar-refractivity contribution in [3.8, 4) is 11.1 Å². The van der Waals surface area contributed by atoms with Crippen LogP contribution in [0, 0.1) is 0 Å². The van der Waals surface area contributed by atoms with Gasteiger partial charge in [0, 0.05) is 29.0 Å². The number of rotatable bonds is 4. The molecule has 6 nitrogen and oxygen atoms in total. The molecule has 20 heavy (non-hydrogen) atoms. The number of hydrogen-bond donors (Lipinski definition) is 3. The quantitative estimate of drug-likeness (QED) is 0.686. The lowest BCUT2D eigenvalue weighted by Gasteiger charge is -2.05. The largest absolute Gasteiger partial charge is 0.382 e. The average molecular weight is 305 g/mol. The van der Waals surface area contributed by atoms with Gasteiger partial charge in [-0.25, -0.2) is 0 Å². The third kappa shape index (κ3) is 2.56. The second-order valence-corrected chi connectivity index (χ2v) is 5.66. The number of anilines is 2. The molecule has 8 heteroatoms. The molecule has 0 spiro atoms. The van der Waals surface area contributed by atoms with Crippen molar-refractivity contribution in [1.82, 2.24) is 14.3 Å². The zero-order valence-corrected chi connectivity index (χ0v) is 11.9. The van der Waals surface area contributed by atoms with Crippen molar-refractivity contribution in [2.24, 2.45) is 0 Å². The Labute approximate surface area is 122 Å². The van der Waals surface area contributed by atoms with Crippen molar-refractivity contribution in [3.05, 3.63) is 45.3 Å². The first kappa shape index (κ1) is 12.8. The number of aromatic amines is 1. The first-order valence-electron chi connectivity index (χ1n) is 5.80. The molecule has 0 saturated heterocycles. The predicted molar refractivity (Wildman–Crippen MR) is 82.0 cm³/mol. The molecule has 0 unspecified atom stereocenters. The maximum absolute atomic E-state index is 11.1. The normalized spacial score (nSPS) is 10.6. The van der Waals surface area contributed by atoms with E-state index in [4.69, 9.17) is 5.73 Å². The van der Waals surface area contributed by atoms with Crippen molar-refractivity contribution in [2.45, 2.75) is 6.54 Å². The standard InChI is InChI=1S/C12H11N5OS2/c13-10-9(7-2-1-3-14-4-7)11(20-17-10)15-5-8-6-19-12(18)16-8/h1-4,6,15H,5H2,(H2,13,17)(H,16,18). The minimum atomic E-state index is -0.0573. The molecule has 3 rings (SSSR count). The van der Waals surface area contributed by atoms with Gasteiger partial charge in [-0.2, -0.15) is 4.37 Å². The van der Waals surface area contributed by atoms with E-state index in [2.05, 4.69) is 19.7 Å². The summed E-state index contributed by atoms with van der Waals surface area (Å²) in [6, 6.07) is 3.79. The number of H-pyrrole nitrogens is 1. The van der Waals surface area contributed by atoms with Gasteiger partial charge in [0.2, 0.25) is 0 Å². The van der Waals surface area contributed by atoms with Crippen molar-refractivity contribution in [1.29, 1.82) is 0 Å². The average Bonchev–Trinajstić information content (AvgIpc) is 3.03. The van der Waals surface area contributed by atoms with E-state index in [0.717, 1.165) is 33.2 Å². The Balaban J connectivity index is 1.86. The lowest BCUT2D eigenvalue weighted by Crippen LogP contribution is -2.02. The molecule has 3 aromatic heterocycles. The number of thiazole rings is 1. The van der Waals surface area contributed by atoms with Crippen LogP contribution in [0.4, 0.5) is 10.8 Å². The van der Waals surface area contributed by atoms with E-state index in [9.17, 15) is 4.79 Å². The molecular weight excluding hydrogens is 294 g/mol. The van der Waals surface area contributed by atoms with E-state index in [1.807, 2.05) is 12.1 Å². The summed E-state index contributed by atoms with van der Waals surface area (Å²) < 4.78 is 4.17. The van der Waals surface area contributed by atoms with Crippen LogP contribution in [-0.4, -0.2) is 14.3 Å². The van der Waals surface area contributed by atoms with Crippen LogP contribution in [0.15, 0.2) is 34.7 Å². The fourth-order valence-corrected chi connectivity index (χ4v) is 3.10. The second-order valence-electron chi connectivity index (χ2n) is 4.04. The molecule has 0 aliphatic heterocycles. The van der Waals surface area contributed by atoms with E-state index in [0.29, 0.717) is 12.4 Å². The Morgan fingerprint density at radius 2 is 2.35 bits per heavy atom. The molecule has 0 atom stereocenters. The lowest BCUT2D eigenvalue weighted by atomic mass is 10.1. The van der Waals surface area contributed by atoms with Gasteiger partial charge in [0.25, 0.3) is 0 Å². The van der Waals surface area contributed by atoms with Crippen LogP contribution in [0.1, 0.15) is 5.69 Å². The van der Waals surface area contributed by atoms with Crippen LogP contribution < -0.4 is 15.9 Å². The molecule has 3 aromatic rings. The van der Waals surface area contributed by atoms with Crippen LogP contribution in [0.5, 0.6) is 0 Å². The predicted octanol–water partition coefficient (Wildman–Crippen LogP) is 2.15. The number of nitrogens with one attached hydrogen (secondary N) is 2. The summed E-state index contributed by atoms with van der Waals surface area (Å²) in [4.78, 5) is 17.9. The van der Waals surface area contributed by atoms with Crippen LogP contribution >= 0.6 is 22.9 Å². The number of pyridine rings is 1. The fourth-order valence-electron chi connectivity index (χ4n) is 1.79. The van der Waals surface area contributed by atoms with Gasteiger partial charge in [-0.3, -0.25) is 9.78 Å². The summed E-state index contributed by atoms with van der Waals surface area (Å²) in [5, 5.41) is 5.91. The van der Waals surface area contributed by atoms with Crippen LogP contribution in [0.2, 0.25) is 0 Å². The van der Waals surface area contributed by atoms with Crippen LogP contribution in [-0.2, 0) is 6.54 Å². The molecule has 0 amide bonds. The summed E-state index contributed by atoms with van der Waals surface area (Å²) in [5.41, 5.74) is 8.52. The van der Waals surface area contributed by atoms with Gasteiger partial charge < -0.3 is 16.0 Å². The number of hydrogen-bond acceptors (Lipinski definition) is 7. The number of nitrogens with zero attached hydrogens (tertiary/aromatic N) is 2. The second kappa shape index (κ2) is 5.43. The molecule has 0 aliphatic carbocycles. The summed E-state index contributed by atoms with van der Waals surface area (Å²) in [7, 11) is 0. The van der Waals surface area contributed by atoms with Crippen LogP contribution in [0.3, 0.4) is 0 Å². The van der Waals surface area contributed by atoms with Gasteiger partial charge in [-0.15, -0.1) is 0 Å². The van der Waals surface area contributed by atoms with Crippen molar-refractivity contribution >= 4 is 33.7 Å². The molecular formula is C12H11N5OS2. The van der Waals surface area contributed by atoms with Crippen molar-refractivity contribution in [2.75, 3.05) is 11.1 Å². The van der Waals surface area contributed by atoms with E-state index >= 15 is 0 Å². The SMILES string of the molecule is Nc1nsc(NCc2csc(=O)[nH]2)c1-c1cccnc1. The van der Waals surface area contributed by atoms with Gasteiger partial charge in [0.1, 0.15) is 10.8 Å². The van der Waals surface area contributed by atoms with E-state index < -0.39 is 0 Å². The lowest BCUT2D eigenvalue weighted by molar-refractivity contribution is 1.07. The Hall–Kier alpha value is -2.19. The first-order valence-corrected chi connectivity index (χ1v) is 7.45. The Morgan fingerprint density at radius 3 is 3.05 bits per heavy atom. The van der Waals surface area contributed by atoms with Gasteiger partial charge in [0.05, 0.1) is 12.1 Å². The topological polar surface area (TPSA) is 96.7 Å². The highest BCUT2D eigenvalue weighted by atomic mass is 32.1. The Morgan fingerprint density at radius 1 is 1.45 bits per heavy atom. The summed E-state index contributed by atoms with van der Waals surface area (Å²) in [6.07, 6.45) is 3.46. The molecule has 0 aliphatic rings. The van der Waals surface area contributed by atoms with Gasteiger partial charge >= 0.3 is 4.87 Å². The van der Waals surface area contributed by atoms with E-state index in [1.165, 1.54) is 11.5 Å². The molecule has 102 valence electrons. The van der Waals surface area contributed by atoms with Gasteiger partial charge in [0.15, 0.2) is 0 Å². The molecule has 0 saturated carbocycles. The molecule has 3 heterocycles. The van der Waals surface area contributed by atoms with Crippen LogP contribution in [0.25, 0.3) is 11.1 Å². The maximum atomic E-state index is 11.1. The summed E-state index contributed by atoms with van der Waals surface area (Å²) >= 11 is 2.44. The molecule has 0 aromatic carbocycles. The summed E-state index contributed by atoms with van der Waals surface area (Å²) in [6.45, 7) is 0.521. The minimum absolute atomic E-state index is 0.0573. The summed E-state index contributed by atoms with van der Waals surface area (Å²) in [5.74, 6) is 0.476. The number of nitrogens with two attached hydrogens (primary N) is 1. The molecule has 0 bridgehead atoms. The third-order valence-electron chi connectivity index (χ3n) is 2.68. The maximum Gasteiger partial charge on any atom is 0.304 e. The molecule has 0 fully saturated rings. The van der Waals surface area contributed by atoms with Gasteiger partial charge in [-0.05, 0) is 17.6 Å². The fraction of sp³-hybridized carbons (Fsp3) is 0.0833. The highest BCUT2D eigenvalue weighted by Gasteiger charge is 2.13. The highest BCUT2D eigenvalue weighted by Crippen LogP contribution is 2.36. The smallest absolute Gasteiger partial charge is 0.304 e. The third-order valence-corrected chi connectivity index (χ3v) is 4.22. The van der Waals surface area contributed by atoms with Crippen molar-refractivity contribution in [3.63, 3.8) is 0 Å². The van der Waals surface area contributed by atoms with Crippen molar-refractivity contribution < 1.29 is 0 Å². The number of aromatic nitrogens is 3. The molecule has 4 N–H and O–H groups in total. The van der Waals surface area contributed by atoms with E-state index in [1.54, 1.807) is 17.8 Å². The minimum Gasteiger partial charge on any atom is -0.382 e. The first-order chi connectivity index (χ1) is 9.74. The van der Waals surface area contributed by atoms with E-state index in [-0.39, 0.29) is 4.87 Å². The number of nitrogen functional groups attached to an aromatic ring is 1. The highest BCUT2D eigenvalue weighted by molar-refractivity contribution is 7.11. The zero-order valence-electron chi connectivity index (χ0n) is 10.3. The molecule has 0 radical (unpaired) electrons. The Bertz CT molecular complexity index is 762. The monoisotopic (exact) mass is 305 g/mol. The zero-order chi connectivity index (χ0) is 13.9.